The van der Waals surface area contributed by atoms with E-state index in [0.717, 1.165) is 28.3 Å². The van der Waals surface area contributed by atoms with Crippen molar-refractivity contribution in [1.29, 1.82) is 0 Å². The summed E-state index contributed by atoms with van der Waals surface area (Å²) in [7, 11) is 1.87. The highest BCUT2D eigenvalue weighted by Crippen LogP contribution is 2.24. The number of benzene rings is 1. The number of para-hydroxylation sites is 1. The van der Waals surface area contributed by atoms with Crippen molar-refractivity contribution >= 4 is 28.7 Å². The second kappa shape index (κ2) is 4.78. The van der Waals surface area contributed by atoms with E-state index in [1.165, 1.54) is 0 Å². The van der Waals surface area contributed by atoms with Crippen molar-refractivity contribution in [3.63, 3.8) is 0 Å². The second-order valence-electron chi connectivity index (χ2n) is 4.24. The maximum absolute atomic E-state index is 5.76. The molecule has 0 spiro atoms. The number of aromatic nitrogens is 2. The number of hydrogen-bond acceptors (Lipinski definition) is 3. The Balaban J connectivity index is 2.47. The molecule has 0 aliphatic rings. The van der Waals surface area contributed by atoms with E-state index in [2.05, 4.69) is 10.4 Å². The Kier molecular flexibility index (Phi) is 3.34. The van der Waals surface area contributed by atoms with Gasteiger partial charge in [0.1, 0.15) is 10.8 Å². The minimum Gasteiger partial charge on any atom is -0.389 e. The molecular weight excluding hydrogens is 244 g/mol. The van der Waals surface area contributed by atoms with E-state index >= 15 is 0 Å². The number of nitrogens with zero attached hydrogens (tertiary/aromatic N) is 2. The van der Waals surface area contributed by atoms with Gasteiger partial charge in [-0.25, -0.2) is 0 Å². The molecular formula is C13H16N4S. The van der Waals surface area contributed by atoms with Crippen molar-refractivity contribution in [2.24, 2.45) is 12.8 Å². The minimum atomic E-state index is 0.358. The summed E-state index contributed by atoms with van der Waals surface area (Å²) in [6.07, 6.45) is 0. The molecule has 2 rings (SSSR count). The smallest absolute Gasteiger partial charge is 0.138 e. The summed E-state index contributed by atoms with van der Waals surface area (Å²) < 4.78 is 1.76. The first-order valence-electron chi connectivity index (χ1n) is 5.66. The molecule has 0 bridgehead atoms. The lowest BCUT2D eigenvalue weighted by Gasteiger charge is -2.11. The Labute approximate surface area is 112 Å². The largest absolute Gasteiger partial charge is 0.389 e. The second-order valence-corrected chi connectivity index (χ2v) is 4.68. The van der Waals surface area contributed by atoms with Gasteiger partial charge in [-0.1, -0.05) is 30.4 Å². The van der Waals surface area contributed by atoms with Crippen LogP contribution in [-0.4, -0.2) is 14.8 Å². The molecule has 4 nitrogen and oxygen atoms in total. The average Bonchev–Trinajstić information content (AvgIpc) is 2.57. The number of hydrogen-bond donors (Lipinski definition) is 2. The highest BCUT2D eigenvalue weighted by Gasteiger charge is 2.15. The molecule has 1 aromatic carbocycles. The van der Waals surface area contributed by atoms with Gasteiger partial charge in [0.25, 0.3) is 0 Å². The molecule has 0 fully saturated rings. The van der Waals surface area contributed by atoms with Crippen molar-refractivity contribution in [1.82, 2.24) is 9.78 Å². The van der Waals surface area contributed by atoms with Crippen LogP contribution in [0.2, 0.25) is 0 Å². The van der Waals surface area contributed by atoms with Gasteiger partial charge in [-0.05, 0) is 25.5 Å². The fraction of sp³-hybridized carbons (Fsp3) is 0.231. The molecule has 18 heavy (non-hydrogen) atoms. The van der Waals surface area contributed by atoms with Crippen LogP contribution in [-0.2, 0) is 7.05 Å². The van der Waals surface area contributed by atoms with Gasteiger partial charge in [0.15, 0.2) is 0 Å². The highest BCUT2D eigenvalue weighted by molar-refractivity contribution is 7.80. The summed E-state index contributed by atoms with van der Waals surface area (Å²) in [6.45, 7) is 3.95. The molecule has 0 unspecified atom stereocenters. The van der Waals surface area contributed by atoms with Crippen LogP contribution in [0.3, 0.4) is 0 Å². The molecule has 1 heterocycles. The van der Waals surface area contributed by atoms with Crippen LogP contribution in [0.15, 0.2) is 24.3 Å². The summed E-state index contributed by atoms with van der Waals surface area (Å²) in [5.41, 5.74) is 9.58. The zero-order valence-corrected chi connectivity index (χ0v) is 11.5. The molecule has 2 aromatic rings. The molecule has 0 saturated carbocycles. The Morgan fingerprint density at radius 2 is 2.00 bits per heavy atom. The van der Waals surface area contributed by atoms with Gasteiger partial charge in [0.05, 0.1) is 11.3 Å². The number of rotatable bonds is 3. The van der Waals surface area contributed by atoms with Crippen molar-refractivity contribution in [3.8, 4) is 0 Å². The van der Waals surface area contributed by atoms with Crippen LogP contribution >= 0.6 is 12.2 Å². The van der Waals surface area contributed by atoms with E-state index in [9.17, 15) is 0 Å². The maximum Gasteiger partial charge on any atom is 0.138 e. The van der Waals surface area contributed by atoms with Crippen LogP contribution in [0.1, 0.15) is 16.8 Å². The molecule has 0 aliphatic carbocycles. The molecule has 0 aliphatic heterocycles. The van der Waals surface area contributed by atoms with Crippen molar-refractivity contribution in [2.75, 3.05) is 5.32 Å². The van der Waals surface area contributed by atoms with E-state index in [1.54, 1.807) is 4.68 Å². The average molecular weight is 260 g/mol. The summed E-state index contributed by atoms with van der Waals surface area (Å²) in [5.74, 6) is 0.828. The van der Waals surface area contributed by atoms with E-state index in [1.807, 2.05) is 45.2 Å². The summed E-state index contributed by atoms with van der Waals surface area (Å²) in [5, 5.41) is 7.69. The first-order chi connectivity index (χ1) is 8.50. The summed E-state index contributed by atoms with van der Waals surface area (Å²) in [4.78, 5) is 0.358. The van der Waals surface area contributed by atoms with Crippen LogP contribution in [0.25, 0.3) is 0 Å². The van der Waals surface area contributed by atoms with Crippen molar-refractivity contribution in [2.45, 2.75) is 13.8 Å². The van der Waals surface area contributed by atoms with Crippen molar-refractivity contribution in [3.05, 3.63) is 41.1 Å². The van der Waals surface area contributed by atoms with Crippen LogP contribution in [0, 0.1) is 13.8 Å². The number of nitrogens with two attached hydrogens (primary N) is 1. The lowest BCUT2D eigenvalue weighted by atomic mass is 10.2. The Morgan fingerprint density at radius 1 is 1.33 bits per heavy atom. The summed E-state index contributed by atoms with van der Waals surface area (Å²) >= 11 is 5.08. The fourth-order valence-electron chi connectivity index (χ4n) is 1.94. The van der Waals surface area contributed by atoms with E-state index in [0.29, 0.717) is 4.99 Å². The van der Waals surface area contributed by atoms with E-state index in [4.69, 9.17) is 18.0 Å². The third-order valence-corrected chi connectivity index (χ3v) is 3.07. The van der Waals surface area contributed by atoms with E-state index in [-0.39, 0.29) is 0 Å². The fourth-order valence-corrected chi connectivity index (χ4v) is 2.18. The predicted octanol–water partition coefficient (Wildman–Crippen LogP) is 2.41. The number of aryl methyl sites for hydroxylation is 3. The standard InChI is InChI=1S/C13H16N4S/c1-8-6-4-5-7-10(8)15-13-11(12(14)18)9(2)16-17(13)3/h4-7,15H,1-3H3,(H2,14,18). The van der Waals surface area contributed by atoms with Crippen molar-refractivity contribution < 1.29 is 0 Å². The maximum atomic E-state index is 5.76. The van der Waals surface area contributed by atoms with Gasteiger partial charge in [0.2, 0.25) is 0 Å². The lowest BCUT2D eigenvalue weighted by Crippen LogP contribution is -2.13. The van der Waals surface area contributed by atoms with Crippen LogP contribution in [0.4, 0.5) is 11.5 Å². The molecule has 1 aromatic heterocycles. The first kappa shape index (κ1) is 12.6. The molecule has 0 saturated heterocycles. The van der Waals surface area contributed by atoms with Gasteiger partial charge in [-0.2, -0.15) is 5.10 Å². The number of anilines is 2. The monoisotopic (exact) mass is 260 g/mol. The number of nitrogens with one attached hydrogen (secondary N) is 1. The zero-order valence-electron chi connectivity index (χ0n) is 10.7. The zero-order chi connectivity index (χ0) is 13.3. The lowest BCUT2D eigenvalue weighted by molar-refractivity contribution is 0.765. The molecule has 0 amide bonds. The Morgan fingerprint density at radius 3 is 2.61 bits per heavy atom. The van der Waals surface area contributed by atoms with Crippen LogP contribution in [0.5, 0.6) is 0 Å². The molecule has 94 valence electrons. The van der Waals surface area contributed by atoms with Crippen LogP contribution < -0.4 is 11.1 Å². The van der Waals surface area contributed by atoms with E-state index < -0.39 is 0 Å². The minimum absolute atomic E-state index is 0.358. The van der Waals surface area contributed by atoms with Gasteiger partial charge >= 0.3 is 0 Å². The SMILES string of the molecule is Cc1ccccc1Nc1c(C(N)=S)c(C)nn1C. The predicted molar refractivity (Wildman–Crippen MR) is 78.3 cm³/mol. The van der Waals surface area contributed by atoms with Gasteiger partial charge < -0.3 is 11.1 Å². The quantitative estimate of drug-likeness (QED) is 0.832. The highest BCUT2D eigenvalue weighted by atomic mass is 32.1. The first-order valence-corrected chi connectivity index (χ1v) is 6.07. The molecule has 0 radical (unpaired) electrons. The third-order valence-electron chi connectivity index (χ3n) is 2.87. The van der Waals surface area contributed by atoms with Gasteiger partial charge in [0, 0.05) is 12.7 Å². The topological polar surface area (TPSA) is 55.9 Å². The Hall–Kier alpha value is -1.88. The number of thiocarbonyl (C=S) groups is 1. The van der Waals surface area contributed by atoms with Gasteiger partial charge in [-0.15, -0.1) is 0 Å². The molecule has 5 heteroatoms. The third kappa shape index (κ3) is 2.22. The van der Waals surface area contributed by atoms with Gasteiger partial charge in [-0.3, -0.25) is 4.68 Å². The summed E-state index contributed by atoms with van der Waals surface area (Å²) in [6, 6.07) is 8.05. The molecule has 0 atom stereocenters. The molecule has 3 N–H and O–H groups in total. The normalized spacial score (nSPS) is 10.4. The Bertz CT molecular complexity index is 601.